The van der Waals surface area contributed by atoms with E-state index in [1.807, 2.05) is 0 Å². The summed E-state index contributed by atoms with van der Waals surface area (Å²) in [5.74, 6) is 0.728. The van der Waals surface area contributed by atoms with Gasteiger partial charge in [0.2, 0.25) is 5.91 Å². The standard InChI is InChI=1S/C35H53NO4/c1-10-19-36-29(39)32(6)16-15-31(5)17-18-34(8)23(24(31)21-32)20-25(38)28-33(7)13-12-27(40-22(2)37)30(3,4)26(33)11-14-35(28,34)9/h10,20,24,26-28H,1,11-19,21H2,2-9H3,(H,36,39)/t24-,26-,27-,28+,31+,32-,33-,34+,35+/m0/s1. The Hall–Kier alpha value is -1.91. The van der Waals surface area contributed by atoms with Gasteiger partial charge in [-0.2, -0.15) is 0 Å². The normalized spacial score (nSPS) is 47.4. The van der Waals surface area contributed by atoms with E-state index in [9.17, 15) is 14.4 Å². The number of hydrogen-bond donors (Lipinski definition) is 1. The molecule has 0 spiro atoms. The Bertz CT molecular complexity index is 1150. The number of ether oxygens (including phenoxy) is 1. The average molecular weight is 552 g/mol. The third-order valence-corrected chi connectivity index (χ3v) is 13.8. The van der Waals surface area contributed by atoms with Crippen molar-refractivity contribution >= 4 is 17.7 Å². The van der Waals surface area contributed by atoms with Crippen LogP contribution in [0.5, 0.6) is 0 Å². The van der Waals surface area contributed by atoms with Crippen molar-refractivity contribution in [2.45, 2.75) is 119 Å². The van der Waals surface area contributed by atoms with E-state index in [-0.39, 0.29) is 56.9 Å². The third-order valence-electron chi connectivity index (χ3n) is 13.8. The Balaban J connectivity index is 1.54. The molecule has 0 unspecified atom stereocenters. The van der Waals surface area contributed by atoms with E-state index in [0.717, 1.165) is 57.8 Å². The van der Waals surface area contributed by atoms with E-state index in [1.54, 1.807) is 6.08 Å². The Morgan fingerprint density at radius 1 is 1.00 bits per heavy atom. The highest BCUT2D eigenvalue weighted by molar-refractivity contribution is 5.95. The number of ketones is 1. The molecule has 0 bridgehead atoms. The first-order valence-electron chi connectivity index (χ1n) is 15.8. The average Bonchev–Trinajstić information content (AvgIpc) is 2.86. The van der Waals surface area contributed by atoms with Gasteiger partial charge in [0.1, 0.15) is 6.10 Å². The summed E-state index contributed by atoms with van der Waals surface area (Å²) in [6.45, 7) is 22.1. The predicted molar refractivity (Wildman–Crippen MR) is 158 cm³/mol. The Morgan fingerprint density at radius 3 is 2.33 bits per heavy atom. The van der Waals surface area contributed by atoms with Crippen LogP contribution in [-0.2, 0) is 19.1 Å². The molecule has 40 heavy (non-hydrogen) atoms. The summed E-state index contributed by atoms with van der Waals surface area (Å²) in [5, 5.41) is 3.08. The van der Waals surface area contributed by atoms with Crippen molar-refractivity contribution in [3.8, 4) is 0 Å². The second kappa shape index (κ2) is 9.30. The third kappa shape index (κ3) is 3.95. The summed E-state index contributed by atoms with van der Waals surface area (Å²) in [6.07, 6.45) is 12.5. The first kappa shape index (κ1) is 29.6. The molecule has 4 saturated carbocycles. The minimum Gasteiger partial charge on any atom is -0.462 e. The number of fused-ring (bicyclic) bond motifs is 7. The van der Waals surface area contributed by atoms with Crippen LogP contribution in [0.1, 0.15) is 113 Å². The van der Waals surface area contributed by atoms with Crippen molar-refractivity contribution in [1.29, 1.82) is 0 Å². The van der Waals surface area contributed by atoms with Crippen LogP contribution in [0.3, 0.4) is 0 Å². The minimum atomic E-state index is -0.435. The van der Waals surface area contributed by atoms with Crippen molar-refractivity contribution in [3.05, 3.63) is 24.3 Å². The first-order chi connectivity index (χ1) is 18.5. The maximum absolute atomic E-state index is 14.5. The zero-order chi connectivity index (χ0) is 29.5. The lowest BCUT2D eigenvalue weighted by molar-refractivity contribution is -0.210. The van der Waals surface area contributed by atoms with E-state index < -0.39 is 5.41 Å². The van der Waals surface area contributed by atoms with E-state index in [2.05, 4.69) is 66.4 Å². The highest BCUT2D eigenvalue weighted by Gasteiger charge is 2.70. The molecule has 0 saturated heterocycles. The van der Waals surface area contributed by atoms with Crippen LogP contribution in [0.2, 0.25) is 0 Å². The molecule has 1 amide bonds. The van der Waals surface area contributed by atoms with Gasteiger partial charge in [0.25, 0.3) is 0 Å². The Kier molecular flexibility index (Phi) is 6.87. The van der Waals surface area contributed by atoms with E-state index in [1.165, 1.54) is 12.5 Å². The fourth-order valence-corrected chi connectivity index (χ4v) is 11.2. The number of amides is 1. The van der Waals surface area contributed by atoms with Crippen LogP contribution in [0, 0.1) is 50.2 Å². The molecule has 9 atom stereocenters. The molecular formula is C35H53NO4. The number of carbonyl (C=O) groups excluding carboxylic acids is 3. The molecule has 5 aliphatic carbocycles. The predicted octanol–water partition coefficient (Wildman–Crippen LogP) is 7.20. The molecule has 4 fully saturated rings. The topological polar surface area (TPSA) is 72.5 Å². The van der Waals surface area contributed by atoms with Crippen molar-refractivity contribution in [3.63, 3.8) is 0 Å². The molecule has 0 radical (unpaired) electrons. The highest BCUT2D eigenvalue weighted by atomic mass is 16.5. The van der Waals surface area contributed by atoms with Crippen LogP contribution in [0.4, 0.5) is 0 Å². The lowest BCUT2D eigenvalue weighted by Crippen LogP contribution is -2.66. The summed E-state index contributed by atoms with van der Waals surface area (Å²) in [6, 6.07) is 0. The Morgan fingerprint density at radius 2 is 1.68 bits per heavy atom. The highest BCUT2D eigenvalue weighted by Crippen LogP contribution is 2.75. The second-order valence-corrected chi connectivity index (χ2v) is 16.2. The SMILES string of the molecule is C=CCNC(=O)[C@@]1(C)CC[C@]2(C)CC[C@]3(C)C(=CC(=O)[C@@H]4[C@@]5(C)CC[C@H](OC(C)=O)C(C)(C)[C@@H]5CC[C@]43C)[C@@H]2C1. The largest absolute Gasteiger partial charge is 0.462 e. The maximum atomic E-state index is 14.5. The van der Waals surface area contributed by atoms with Gasteiger partial charge in [-0.15, -0.1) is 6.58 Å². The van der Waals surface area contributed by atoms with Crippen molar-refractivity contribution in [2.75, 3.05) is 6.54 Å². The van der Waals surface area contributed by atoms with E-state index >= 15 is 0 Å². The quantitative estimate of drug-likeness (QED) is 0.296. The zero-order valence-electron chi connectivity index (χ0n) is 26.4. The smallest absolute Gasteiger partial charge is 0.302 e. The molecule has 0 aromatic rings. The molecule has 5 rings (SSSR count). The fourth-order valence-electron chi connectivity index (χ4n) is 11.2. The summed E-state index contributed by atoms with van der Waals surface area (Å²) in [5.41, 5.74) is 0.499. The molecule has 5 heteroatoms. The number of hydrogen-bond acceptors (Lipinski definition) is 4. The molecule has 0 aromatic carbocycles. The number of esters is 1. The monoisotopic (exact) mass is 551 g/mol. The lowest BCUT2D eigenvalue weighted by atomic mass is 9.33. The summed E-state index contributed by atoms with van der Waals surface area (Å²) < 4.78 is 5.85. The number of carbonyl (C=O) groups is 3. The summed E-state index contributed by atoms with van der Waals surface area (Å²) in [4.78, 5) is 39.8. The molecule has 0 aliphatic heterocycles. The fraction of sp³-hybridized carbons (Fsp3) is 0.800. The number of nitrogens with one attached hydrogen (secondary N) is 1. The molecule has 0 aromatic heterocycles. The summed E-state index contributed by atoms with van der Waals surface area (Å²) >= 11 is 0. The van der Waals surface area contributed by atoms with Gasteiger partial charge in [-0.1, -0.05) is 60.1 Å². The second-order valence-electron chi connectivity index (χ2n) is 16.2. The molecule has 222 valence electrons. The van der Waals surface area contributed by atoms with Crippen LogP contribution in [0.25, 0.3) is 0 Å². The minimum absolute atomic E-state index is 0.0414. The van der Waals surface area contributed by atoms with Gasteiger partial charge in [0, 0.05) is 30.2 Å². The van der Waals surface area contributed by atoms with Gasteiger partial charge in [-0.3, -0.25) is 14.4 Å². The van der Waals surface area contributed by atoms with Gasteiger partial charge < -0.3 is 10.1 Å². The molecular weight excluding hydrogens is 498 g/mol. The Labute approximate surface area is 242 Å². The first-order valence-corrected chi connectivity index (χ1v) is 15.8. The van der Waals surface area contributed by atoms with Crippen LogP contribution >= 0.6 is 0 Å². The van der Waals surface area contributed by atoms with Crippen molar-refractivity contribution in [1.82, 2.24) is 5.32 Å². The van der Waals surface area contributed by atoms with E-state index in [4.69, 9.17) is 4.74 Å². The van der Waals surface area contributed by atoms with Gasteiger partial charge in [-0.25, -0.2) is 0 Å². The maximum Gasteiger partial charge on any atom is 0.302 e. The van der Waals surface area contributed by atoms with Gasteiger partial charge >= 0.3 is 5.97 Å². The van der Waals surface area contributed by atoms with Gasteiger partial charge in [-0.05, 0) is 97.4 Å². The van der Waals surface area contributed by atoms with Crippen molar-refractivity contribution < 1.29 is 19.1 Å². The molecule has 5 nitrogen and oxygen atoms in total. The summed E-state index contributed by atoms with van der Waals surface area (Å²) in [7, 11) is 0. The molecule has 0 heterocycles. The zero-order valence-corrected chi connectivity index (χ0v) is 26.4. The number of rotatable bonds is 4. The van der Waals surface area contributed by atoms with Gasteiger partial charge in [0.05, 0.1) is 0 Å². The van der Waals surface area contributed by atoms with Crippen LogP contribution in [-0.4, -0.2) is 30.3 Å². The van der Waals surface area contributed by atoms with Crippen LogP contribution in [0.15, 0.2) is 24.3 Å². The lowest BCUT2D eigenvalue weighted by Gasteiger charge is -2.70. The van der Waals surface area contributed by atoms with Gasteiger partial charge in [0.15, 0.2) is 5.78 Å². The molecule has 1 N–H and O–H groups in total. The molecule has 5 aliphatic rings. The number of allylic oxidation sites excluding steroid dienone is 2. The van der Waals surface area contributed by atoms with Crippen LogP contribution < -0.4 is 5.32 Å². The van der Waals surface area contributed by atoms with Crippen molar-refractivity contribution in [2.24, 2.45) is 50.2 Å². The van der Waals surface area contributed by atoms with E-state index in [0.29, 0.717) is 18.2 Å².